The van der Waals surface area contributed by atoms with E-state index in [1.165, 1.54) is 0 Å². The summed E-state index contributed by atoms with van der Waals surface area (Å²) in [5.74, 6) is -0.380. The molecule has 0 unspecified atom stereocenters. The highest BCUT2D eigenvalue weighted by Gasteiger charge is 2.33. The Hall–Kier alpha value is -4.08. The van der Waals surface area contributed by atoms with Crippen molar-refractivity contribution in [3.63, 3.8) is 0 Å². The minimum Gasteiger partial charge on any atom is -0.496 e. The second kappa shape index (κ2) is 14.5. The Morgan fingerprint density at radius 3 is 2.22 bits per heavy atom. The molecular weight excluding hydrogens is 524 g/mol. The average molecular weight is 567 g/mol. The molecule has 0 radical (unpaired) electrons. The lowest BCUT2D eigenvalue weighted by molar-refractivity contribution is -0.138. The van der Waals surface area contributed by atoms with Crippen LogP contribution in [0.2, 0.25) is 0 Å². The molecule has 0 aromatic heterocycles. The van der Waals surface area contributed by atoms with Gasteiger partial charge in [-0.3, -0.25) is 14.4 Å². The fraction of sp³-hybridized carbons (Fsp3) is 0.484. The molecule has 2 aromatic carbocycles. The first kappa shape index (κ1) is 31.4. The number of methoxy groups -OCH3 is 1. The first-order valence-electron chi connectivity index (χ1n) is 14.0. The number of amides is 4. The highest BCUT2D eigenvalue weighted by molar-refractivity contribution is 5.89. The predicted octanol–water partition coefficient (Wildman–Crippen LogP) is 3.19. The molecule has 0 bridgehead atoms. The monoisotopic (exact) mass is 566 g/mol. The van der Waals surface area contributed by atoms with Crippen LogP contribution in [-0.4, -0.2) is 66.6 Å². The van der Waals surface area contributed by atoms with Crippen molar-refractivity contribution in [2.45, 2.75) is 71.2 Å². The zero-order valence-corrected chi connectivity index (χ0v) is 24.6. The van der Waals surface area contributed by atoms with E-state index in [-0.39, 0.29) is 30.2 Å². The van der Waals surface area contributed by atoms with Gasteiger partial charge < -0.3 is 30.3 Å². The molecule has 222 valence electrons. The Kier molecular flexibility index (Phi) is 11.1. The Balaban J connectivity index is 1.52. The quantitative estimate of drug-likeness (QED) is 0.406. The summed E-state index contributed by atoms with van der Waals surface area (Å²) in [7, 11) is 1.57. The van der Waals surface area contributed by atoms with Crippen LogP contribution in [0.4, 0.5) is 4.79 Å². The van der Waals surface area contributed by atoms with Crippen molar-refractivity contribution >= 4 is 23.8 Å². The van der Waals surface area contributed by atoms with Crippen molar-refractivity contribution in [3.05, 3.63) is 65.7 Å². The molecule has 0 aliphatic carbocycles. The van der Waals surface area contributed by atoms with Crippen molar-refractivity contribution in [2.75, 3.05) is 20.2 Å². The number of nitrogens with one attached hydrogen (secondary N) is 3. The van der Waals surface area contributed by atoms with Crippen LogP contribution >= 0.6 is 0 Å². The summed E-state index contributed by atoms with van der Waals surface area (Å²) in [6.07, 6.45) is 0.579. The van der Waals surface area contributed by atoms with E-state index < -0.39 is 23.8 Å². The van der Waals surface area contributed by atoms with E-state index in [4.69, 9.17) is 9.47 Å². The molecule has 2 aromatic rings. The summed E-state index contributed by atoms with van der Waals surface area (Å²) >= 11 is 0. The number of hydrogen-bond acceptors (Lipinski definition) is 6. The molecule has 3 rings (SSSR count). The summed E-state index contributed by atoms with van der Waals surface area (Å²) in [4.78, 5) is 53.2. The number of piperidine rings is 1. The van der Waals surface area contributed by atoms with Crippen molar-refractivity contribution in [1.29, 1.82) is 0 Å². The number of nitrogens with zero attached hydrogens (tertiary/aromatic N) is 1. The van der Waals surface area contributed by atoms with Gasteiger partial charge >= 0.3 is 6.09 Å². The van der Waals surface area contributed by atoms with Gasteiger partial charge in [-0.05, 0) is 52.2 Å². The molecule has 1 saturated heterocycles. The highest BCUT2D eigenvalue weighted by atomic mass is 16.6. The molecular formula is C31H42N4O6. The van der Waals surface area contributed by atoms with Crippen molar-refractivity contribution < 1.29 is 28.7 Å². The second-order valence-corrected chi connectivity index (χ2v) is 11.2. The molecule has 2 atom stereocenters. The Labute approximate surface area is 242 Å². The molecule has 41 heavy (non-hydrogen) atoms. The third-order valence-corrected chi connectivity index (χ3v) is 6.85. The van der Waals surface area contributed by atoms with Crippen LogP contribution in [-0.2, 0) is 32.1 Å². The number of carbonyl (C=O) groups excluding carboxylic acids is 4. The average Bonchev–Trinajstić information content (AvgIpc) is 2.94. The number of carbonyl (C=O) groups is 4. The van der Waals surface area contributed by atoms with Gasteiger partial charge in [-0.25, -0.2) is 4.79 Å². The summed E-state index contributed by atoms with van der Waals surface area (Å²) in [6, 6.07) is 15.4. The molecule has 1 aliphatic heterocycles. The lowest BCUT2D eigenvalue weighted by Crippen LogP contribution is -2.54. The molecule has 1 fully saturated rings. The van der Waals surface area contributed by atoms with E-state index in [9.17, 15) is 19.2 Å². The zero-order valence-electron chi connectivity index (χ0n) is 24.6. The first-order valence-corrected chi connectivity index (χ1v) is 14.0. The SMILES string of the molecule is COc1ccccc1CNC(=O)[C@H](C)NC(=O)C1CCN(C(=O)[C@H](Cc2ccccc2)NC(=O)OC(C)(C)C)CC1. The molecule has 0 spiro atoms. The fourth-order valence-corrected chi connectivity index (χ4v) is 4.66. The van der Waals surface area contributed by atoms with Gasteiger partial charge in [0, 0.05) is 37.5 Å². The van der Waals surface area contributed by atoms with Crippen LogP contribution in [0.3, 0.4) is 0 Å². The second-order valence-electron chi connectivity index (χ2n) is 11.2. The maximum Gasteiger partial charge on any atom is 0.408 e. The van der Waals surface area contributed by atoms with Crippen LogP contribution in [0.15, 0.2) is 54.6 Å². The fourth-order valence-electron chi connectivity index (χ4n) is 4.66. The zero-order chi connectivity index (χ0) is 30.0. The maximum atomic E-state index is 13.5. The number of para-hydroxylation sites is 1. The van der Waals surface area contributed by atoms with Gasteiger partial charge in [0.15, 0.2) is 0 Å². The van der Waals surface area contributed by atoms with Crippen LogP contribution in [0.1, 0.15) is 51.7 Å². The predicted molar refractivity (Wildman–Crippen MR) is 155 cm³/mol. The Bertz CT molecular complexity index is 1190. The lowest BCUT2D eigenvalue weighted by atomic mass is 9.94. The molecule has 1 aliphatic rings. The smallest absolute Gasteiger partial charge is 0.408 e. The van der Waals surface area contributed by atoms with Crippen LogP contribution in [0, 0.1) is 5.92 Å². The number of alkyl carbamates (subject to hydrolysis) is 1. The minimum absolute atomic E-state index is 0.218. The van der Waals surface area contributed by atoms with Crippen LogP contribution in [0.25, 0.3) is 0 Å². The largest absolute Gasteiger partial charge is 0.496 e. The van der Waals surface area contributed by atoms with E-state index in [0.717, 1.165) is 11.1 Å². The number of ether oxygens (including phenoxy) is 2. The number of benzene rings is 2. The highest BCUT2D eigenvalue weighted by Crippen LogP contribution is 2.20. The van der Waals surface area contributed by atoms with E-state index in [2.05, 4.69) is 16.0 Å². The van der Waals surface area contributed by atoms with E-state index in [1.807, 2.05) is 54.6 Å². The van der Waals surface area contributed by atoms with E-state index in [1.54, 1.807) is 39.7 Å². The topological polar surface area (TPSA) is 126 Å². The first-order chi connectivity index (χ1) is 19.5. The van der Waals surface area contributed by atoms with Gasteiger partial charge in [-0.1, -0.05) is 48.5 Å². The standard InChI is InChI=1S/C31H42N4O6/c1-21(27(36)32-20-24-13-9-10-14-26(24)40-5)33-28(37)23-15-17-35(18-16-23)29(38)25(19-22-11-7-6-8-12-22)34-30(39)41-31(2,3)4/h6-14,21,23,25H,15-20H2,1-5H3,(H,32,36)(H,33,37)(H,34,39)/t21-,25-/m0/s1. The Morgan fingerprint density at radius 2 is 1.59 bits per heavy atom. The molecule has 3 N–H and O–H groups in total. The lowest BCUT2D eigenvalue weighted by Gasteiger charge is -2.34. The van der Waals surface area contributed by atoms with Gasteiger partial charge in [0.2, 0.25) is 17.7 Å². The third kappa shape index (κ3) is 9.81. The normalized spacial score (nSPS) is 15.3. The van der Waals surface area contributed by atoms with Gasteiger partial charge in [0.05, 0.1) is 7.11 Å². The third-order valence-electron chi connectivity index (χ3n) is 6.85. The van der Waals surface area contributed by atoms with Crippen molar-refractivity contribution in [1.82, 2.24) is 20.9 Å². The summed E-state index contributed by atoms with van der Waals surface area (Å²) < 4.78 is 10.7. The molecule has 1 heterocycles. The van der Waals surface area contributed by atoms with Crippen LogP contribution in [0.5, 0.6) is 5.75 Å². The van der Waals surface area contributed by atoms with Crippen molar-refractivity contribution in [3.8, 4) is 5.75 Å². The molecule has 10 heteroatoms. The van der Waals surface area contributed by atoms with E-state index in [0.29, 0.717) is 38.1 Å². The van der Waals surface area contributed by atoms with E-state index >= 15 is 0 Å². The van der Waals surface area contributed by atoms with Crippen LogP contribution < -0.4 is 20.7 Å². The molecule has 10 nitrogen and oxygen atoms in total. The Morgan fingerprint density at radius 1 is 0.951 bits per heavy atom. The van der Waals surface area contributed by atoms with Gasteiger partial charge in [-0.15, -0.1) is 0 Å². The summed E-state index contributed by atoms with van der Waals surface area (Å²) in [5.41, 5.74) is 1.05. The minimum atomic E-state index is -0.801. The van der Waals surface area contributed by atoms with Crippen molar-refractivity contribution in [2.24, 2.45) is 5.92 Å². The number of rotatable bonds is 10. The molecule has 0 saturated carbocycles. The summed E-state index contributed by atoms with van der Waals surface area (Å²) in [5, 5.41) is 8.38. The number of hydrogen-bond donors (Lipinski definition) is 3. The van der Waals surface area contributed by atoms with Gasteiger partial charge in [-0.2, -0.15) is 0 Å². The van der Waals surface area contributed by atoms with Gasteiger partial charge in [0.25, 0.3) is 0 Å². The number of likely N-dealkylation sites (tertiary alicyclic amines) is 1. The summed E-state index contributed by atoms with van der Waals surface area (Å²) in [6.45, 7) is 7.96. The van der Waals surface area contributed by atoms with Gasteiger partial charge in [0.1, 0.15) is 23.4 Å². The molecule has 4 amide bonds. The maximum absolute atomic E-state index is 13.5.